The van der Waals surface area contributed by atoms with E-state index in [-0.39, 0.29) is 0 Å². The summed E-state index contributed by atoms with van der Waals surface area (Å²) >= 11 is 0. The molecule has 1 fully saturated rings. The molecule has 1 atom stereocenters. The Labute approximate surface area is 65.8 Å². The van der Waals surface area contributed by atoms with Gasteiger partial charge in [0.05, 0.1) is 0 Å². The van der Waals surface area contributed by atoms with Gasteiger partial charge in [0.2, 0.25) is 0 Å². The Bertz CT molecular complexity index is 145. The first-order chi connectivity index (χ1) is 5.23. The molecule has 0 aromatic carbocycles. The average molecular weight is 159 g/mol. The summed E-state index contributed by atoms with van der Waals surface area (Å²) < 4.78 is 4.68. The van der Waals surface area contributed by atoms with Crippen LogP contribution in [0.2, 0.25) is 0 Å². The number of likely N-dealkylation sites (tertiary alicyclic amines) is 1. The van der Waals surface area contributed by atoms with Gasteiger partial charge < -0.3 is 9.84 Å². The van der Waals surface area contributed by atoms with Gasteiger partial charge in [0.15, 0.2) is 6.29 Å². The second kappa shape index (κ2) is 3.30. The highest BCUT2D eigenvalue weighted by atomic mass is 16.6. The Morgan fingerprint density at radius 1 is 1.55 bits per heavy atom. The number of methoxy groups -OCH3 is 1. The summed E-state index contributed by atoms with van der Waals surface area (Å²) in [6, 6.07) is 0. The topological polar surface area (TPSA) is 49.8 Å². The summed E-state index contributed by atoms with van der Waals surface area (Å²) in [5.41, 5.74) is 0. The van der Waals surface area contributed by atoms with E-state index in [1.165, 1.54) is 7.11 Å². The van der Waals surface area contributed by atoms with Crippen molar-refractivity contribution in [3.63, 3.8) is 0 Å². The molecule has 0 saturated carbocycles. The molecule has 0 amide bonds. The van der Waals surface area contributed by atoms with Crippen LogP contribution in [0.15, 0.2) is 0 Å². The van der Waals surface area contributed by atoms with Gasteiger partial charge in [0, 0.05) is 20.2 Å². The van der Waals surface area contributed by atoms with E-state index >= 15 is 0 Å². The van der Waals surface area contributed by atoms with Crippen LogP contribution in [-0.4, -0.2) is 42.4 Å². The molecule has 1 heterocycles. The van der Waals surface area contributed by atoms with Crippen molar-refractivity contribution in [2.75, 3.05) is 20.2 Å². The van der Waals surface area contributed by atoms with Gasteiger partial charge in [-0.3, -0.25) is 4.79 Å². The molecular weight excluding hydrogens is 146 g/mol. The molecule has 0 spiro atoms. The van der Waals surface area contributed by atoms with Crippen molar-refractivity contribution >= 4 is 6.29 Å². The third-order valence-corrected chi connectivity index (χ3v) is 2.01. The Hall–Kier alpha value is -0.450. The number of hydrogen-bond donors (Lipinski definition) is 1. The van der Waals surface area contributed by atoms with Crippen LogP contribution in [0.1, 0.15) is 12.8 Å². The Morgan fingerprint density at radius 2 is 2.09 bits per heavy atom. The van der Waals surface area contributed by atoms with E-state index in [1.807, 2.05) is 0 Å². The van der Waals surface area contributed by atoms with Crippen LogP contribution in [0, 0.1) is 0 Å². The SMILES string of the molecule is CO[C@@](O)(C=O)N1CCCC1. The molecule has 1 aliphatic heterocycles. The van der Waals surface area contributed by atoms with Gasteiger partial charge in [-0.2, -0.15) is 0 Å². The summed E-state index contributed by atoms with van der Waals surface area (Å²) in [6.45, 7) is 1.45. The molecule has 64 valence electrons. The summed E-state index contributed by atoms with van der Waals surface area (Å²) in [4.78, 5) is 12.1. The molecule has 1 N–H and O–H groups in total. The molecule has 1 aliphatic rings. The molecule has 0 aliphatic carbocycles. The Morgan fingerprint density at radius 3 is 2.45 bits per heavy atom. The monoisotopic (exact) mass is 159 g/mol. The van der Waals surface area contributed by atoms with Crippen molar-refractivity contribution < 1.29 is 14.6 Å². The quantitative estimate of drug-likeness (QED) is 0.448. The normalized spacial score (nSPS) is 24.9. The van der Waals surface area contributed by atoms with Crippen molar-refractivity contribution in [3.05, 3.63) is 0 Å². The van der Waals surface area contributed by atoms with Crippen LogP contribution >= 0.6 is 0 Å². The lowest BCUT2D eigenvalue weighted by Crippen LogP contribution is -2.50. The highest BCUT2D eigenvalue weighted by Crippen LogP contribution is 2.17. The lowest BCUT2D eigenvalue weighted by molar-refractivity contribution is -0.247. The zero-order valence-corrected chi connectivity index (χ0v) is 6.62. The summed E-state index contributed by atoms with van der Waals surface area (Å²) in [5.74, 6) is -1.68. The third kappa shape index (κ3) is 1.58. The predicted octanol–water partition coefficient (Wildman–Crippen LogP) is -0.426. The van der Waals surface area contributed by atoms with E-state index in [0.29, 0.717) is 6.29 Å². The molecule has 11 heavy (non-hydrogen) atoms. The second-order valence-electron chi connectivity index (χ2n) is 2.67. The van der Waals surface area contributed by atoms with Crippen LogP contribution in [0.4, 0.5) is 0 Å². The number of carbonyl (C=O) groups excluding carboxylic acids is 1. The van der Waals surface area contributed by atoms with Crippen LogP contribution in [0.5, 0.6) is 0 Å². The van der Waals surface area contributed by atoms with E-state index in [0.717, 1.165) is 25.9 Å². The van der Waals surface area contributed by atoms with Gasteiger partial charge in [0.25, 0.3) is 5.91 Å². The lowest BCUT2D eigenvalue weighted by Gasteiger charge is -2.29. The van der Waals surface area contributed by atoms with Crippen molar-refractivity contribution in [3.8, 4) is 0 Å². The average Bonchev–Trinajstić information content (AvgIpc) is 2.55. The maximum atomic E-state index is 10.4. The Balaban J connectivity index is 2.59. The van der Waals surface area contributed by atoms with E-state index in [2.05, 4.69) is 4.74 Å². The first-order valence-corrected chi connectivity index (χ1v) is 3.72. The molecule has 4 heteroatoms. The van der Waals surface area contributed by atoms with Gasteiger partial charge >= 0.3 is 0 Å². The van der Waals surface area contributed by atoms with Crippen molar-refractivity contribution in [1.82, 2.24) is 4.90 Å². The first kappa shape index (κ1) is 8.64. The second-order valence-corrected chi connectivity index (χ2v) is 2.67. The molecule has 0 radical (unpaired) electrons. The maximum Gasteiger partial charge on any atom is 0.286 e. The number of rotatable bonds is 3. The zero-order valence-electron chi connectivity index (χ0n) is 6.62. The first-order valence-electron chi connectivity index (χ1n) is 3.72. The fourth-order valence-electron chi connectivity index (χ4n) is 1.29. The zero-order chi connectivity index (χ0) is 8.32. The number of hydrogen-bond acceptors (Lipinski definition) is 4. The highest BCUT2D eigenvalue weighted by Gasteiger charge is 2.35. The van der Waals surface area contributed by atoms with Crippen molar-refractivity contribution in [2.45, 2.75) is 18.8 Å². The van der Waals surface area contributed by atoms with Gasteiger partial charge in [-0.15, -0.1) is 0 Å². The fraction of sp³-hybridized carbons (Fsp3) is 0.857. The minimum absolute atomic E-state index is 0.429. The largest absolute Gasteiger partial charge is 0.347 e. The van der Waals surface area contributed by atoms with Gasteiger partial charge in [0.1, 0.15) is 0 Å². The van der Waals surface area contributed by atoms with E-state index in [1.54, 1.807) is 4.90 Å². The predicted molar refractivity (Wildman–Crippen MR) is 38.8 cm³/mol. The van der Waals surface area contributed by atoms with Gasteiger partial charge in [-0.05, 0) is 12.8 Å². The molecular formula is C7H13NO3. The molecule has 0 aromatic rings. The van der Waals surface area contributed by atoms with Gasteiger partial charge in [-0.1, -0.05) is 0 Å². The van der Waals surface area contributed by atoms with E-state index in [9.17, 15) is 9.90 Å². The van der Waals surface area contributed by atoms with Crippen LogP contribution in [0.25, 0.3) is 0 Å². The number of carbonyl (C=O) groups is 1. The third-order valence-electron chi connectivity index (χ3n) is 2.01. The highest BCUT2D eigenvalue weighted by molar-refractivity contribution is 5.58. The van der Waals surface area contributed by atoms with Crippen molar-refractivity contribution in [2.24, 2.45) is 0 Å². The minimum atomic E-state index is -1.68. The van der Waals surface area contributed by atoms with E-state index in [4.69, 9.17) is 0 Å². The molecule has 0 unspecified atom stereocenters. The smallest absolute Gasteiger partial charge is 0.286 e. The van der Waals surface area contributed by atoms with E-state index < -0.39 is 5.91 Å². The van der Waals surface area contributed by atoms with Crippen molar-refractivity contribution in [1.29, 1.82) is 0 Å². The van der Waals surface area contributed by atoms with Crippen LogP contribution in [0.3, 0.4) is 0 Å². The molecule has 0 aromatic heterocycles. The molecule has 0 bridgehead atoms. The molecule has 1 rings (SSSR count). The number of aliphatic hydroxyl groups is 1. The van der Waals surface area contributed by atoms with Gasteiger partial charge in [-0.25, -0.2) is 4.90 Å². The van der Waals surface area contributed by atoms with Crippen LogP contribution in [-0.2, 0) is 9.53 Å². The summed E-state index contributed by atoms with van der Waals surface area (Å²) in [6.07, 6.45) is 2.46. The molecule has 4 nitrogen and oxygen atoms in total. The fourth-order valence-corrected chi connectivity index (χ4v) is 1.29. The Kier molecular flexibility index (Phi) is 2.59. The number of nitrogens with zero attached hydrogens (tertiary/aromatic N) is 1. The maximum absolute atomic E-state index is 10.4. The van der Waals surface area contributed by atoms with Crippen LogP contribution < -0.4 is 0 Å². The number of ether oxygens (including phenoxy) is 1. The summed E-state index contributed by atoms with van der Waals surface area (Å²) in [5, 5.41) is 9.46. The lowest BCUT2D eigenvalue weighted by atomic mass is 10.4. The summed E-state index contributed by atoms with van der Waals surface area (Å²) in [7, 11) is 1.33. The molecule has 1 saturated heterocycles. The minimum Gasteiger partial charge on any atom is -0.347 e. The number of aldehydes is 1. The standard InChI is InChI=1S/C7H13NO3/c1-11-7(10,6-9)8-4-2-3-5-8/h6,10H,2-5H2,1H3/t7-/m0/s1.